The van der Waals surface area contributed by atoms with E-state index in [0.717, 1.165) is 38.5 Å². The van der Waals surface area contributed by atoms with Gasteiger partial charge in [-0.15, -0.1) is 0 Å². The summed E-state index contributed by atoms with van der Waals surface area (Å²) in [6.07, 6.45) is 6.37. The summed E-state index contributed by atoms with van der Waals surface area (Å²) >= 11 is 0. The lowest BCUT2D eigenvalue weighted by molar-refractivity contribution is -0.585. The Balaban J connectivity index is 1.58. The van der Waals surface area contributed by atoms with Crippen LogP contribution in [0.4, 0.5) is 0 Å². The van der Waals surface area contributed by atoms with Gasteiger partial charge in [-0.3, -0.25) is 0 Å². The molecule has 1 aliphatic carbocycles. The Kier molecular flexibility index (Phi) is 5.36. The third-order valence-electron chi connectivity index (χ3n) is 7.74. The summed E-state index contributed by atoms with van der Waals surface area (Å²) in [4.78, 5) is 12.0. The van der Waals surface area contributed by atoms with Gasteiger partial charge in [0, 0.05) is 24.9 Å². The van der Waals surface area contributed by atoms with Crippen molar-refractivity contribution < 1.29 is 29.1 Å². The van der Waals surface area contributed by atoms with Crippen molar-refractivity contribution in [3.05, 3.63) is 0 Å². The van der Waals surface area contributed by atoms with Crippen molar-refractivity contribution in [1.82, 2.24) is 0 Å². The monoisotopic (exact) mass is 384 g/mol. The maximum atomic E-state index is 8.96. The third kappa shape index (κ3) is 3.17. The van der Waals surface area contributed by atoms with E-state index in [9.17, 15) is 0 Å². The summed E-state index contributed by atoms with van der Waals surface area (Å²) in [5.41, 5.74) is -0.535. The van der Waals surface area contributed by atoms with Gasteiger partial charge < -0.3 is 19.3 Å². The number of rotatable bonds is 6. The highest BCUT2D eigenvalue weighted by molar-refractivity contribution is 5.10. The molecule has 5 rings (SSSR count). The molecule has 1 N–H and O–H groups in total. The highest BCUT2D eigenvalue weighted by atomic mass is 17.3. The Morgan fingerprint density at radius 2 is 1.78 bits per heavy atom. The molecule has 1 spiro atoms. The minimum atomic E-state index is -0.750. The number of ether oxygens (including phenoxy) is 3. The molecule has 156 valence electrons. The molecule has 1 unspecified atom stereocenters. The predicted octanol–water partition coefficient (Wildman–Crippen LogP) is 3.76. The Morgan fingerprint density at radius 1 is 0.963 bits per heavy atom. The summed E-state index contributed by atoms with van der Waals surface area (Å²) in [5.74, 6) is -0.0493. The molecule has 6 nitrogen and oxygen atoms in total. The standard InChI is InChI=1S/C21H36O6/c1-14-8-9-17-15(2)20(4,23-13-7-5-6-12-22)25-18-21(17)16(14)10-11-19(3,24-18)26-27-21/h14-18,22H,5-13H2,1-4H3/t14-,15-,16?,17+,18+,19+,20+,21-/m1/s1. The minimum absolute atomic E-state index is 0.177. The van der Waals surface area contributed by atoms with E-state index in [4.69, 9.17) is 29.1 Å². The quantitative estimate of drug-likeness (QED) is 0.556. The minimum Gasteiger partial charge on any atom is -0.396 e. The van der Waals surface area contributed by atoms with Gasteiger partial charge in [-0.05, 0) is 64.2 Å². The van der Waals surface area contributed by atoms with Crippen LogP contribution in [0.3, 0.4) is 0 Å². The van der Waals surface area contributed by atoms with Crippen molar-refractivity contribution in [2.75, 3.05) is 13.2 Å². The van der Waals surface area contributed by atoms with E-state index in [-0.39, 0.29) is 18.4 Å². The van der Waals surface area contributed by atoms with Crippen LogP contribution in [0, 0.1) is 23.7 Å². The van der Waals surface area contributed by atoms with Crippen molar-refractivity contribution >= 4 is 0 Å². The fourth-order valence-electron chi connectivity index (χ4n) is 5.90. The maximum Gasteiger partial charge on any atom is 0.201 e. The number of aliphatic hydroxyl groups is 1. The molecule has 4 heterocycles. The average Bonchev–Trinajstić information content (AvgIpc) is 2.86. The molecule has 0 aromatic carbocycles. The molecule has 2 bridgehead atoms. The van der Waals surface area contributed by atoms with Gasteiger partial charge in [0.1, 0.15) is 0 Å². The van der Waals surface area contributed by atoms with E-state index >= 15 is 0 Å². The Hall–Kier alpha value is -0.240. The first-order chi connectivity index (χ1) is 12.8. The summed E-state index contributed by atoms with van der Waals surface area (Å²) in [5, 5.41) is 8.96. The van der Waals surface area contributed by atoms with Gasteiger partial charge in [0.05, 0.1) is 6.61 Å². The van der Waals surface area contributed by atoms with Crippen LogP contribution in [-0.4, -0.2) is 41.8 Å². The highest BCUT2D eigenvalue weighted by Gasteiger charge is 2.71. The van der Waals surface area contributed by atoms with E-state index in [1.165, 1.54) is 6.42 Å². The first-order valence-electron chi connectivity index (χ1n) is 10.8. The Bertz CT molecular complexity index is 543. The lowest BCUT2D eigenvalue weighted by atomic mass is 9.57. The topological polar surface area (TPSA) is 66.4 Å². The Labute approximate surface area is 162 Å². The normalized spacial score (nSPS) is 51.7. The second-order valence-electron chi connectivity index (χ2n) is 9.47. The molecule has 1 saturated carbocycles. The molecule has 6 heteroatoms. The first-order valence-corrected chi connectivity index (χ1v) is 10.8. The van der Waals surface area contributed by atoms with Crippen LogP contribution in [0.25, 0.3) is 0 Å². The van der Waals surface area contributed by atoms with Gasteiger partial charge in [-0.1, -0.05) is 13.8 Å². The molecule has 0 aromatic rings. The second-order valence-corrected chi connectivity index (χ2v) is 9.47. The lowest BCUT2D eigenvalue weighted by Gasteiger charge is -2.62. The van der Waals surface area contributed by atoms with Crippen LogP contribution in [0.1, 0.15) is 72.6 Å². The zero-order valence-corrected chi connectivity index (χ0v) is 17.2. The molecule has 0 amide bonds. The van der Waals surface area contributed by atoms with E-state index in [1.54, 1.807) is 0 Å². The highest BCUT2D eigenvalue weighted by Crippen LogP contribution is 2.62. The number of aliphatic hydroxyl groups excluding tert-OH is 1. The summed E-state index contributed by atoms with van der Waals surface area (Å²) in [7, 11) is 0. The molecular weight excluding hydrogens is 348 g/mol. The fourth-order valence-corrected chi connectivity index (χ4v) is 5.90. The van der Waals surface area contributed by atoms with Gasteiger partial charge in [0.25, 0.3) is 0 Å². The SMILES string of the molecule is C[C@@H]1CC[C@H]2[C@@H](C)[C@@](C)(OCCCCCO)O[C@@H]3O[C@]4(C)CCC1[C@]32OO4. The van der Waals surface area contributed by atoms with Crippen LogP contribution >= 0.6 is 0 Å². The number of hydrogen-bond acceptors (Lipinski definition) is 6. The smallest absolute Gasteiger partial charge is 0.201 e. The van der Waals surface area contributed by atoms with Crippen LogP contribution in [0.15, 0.2) is 0 Å². The van der Waals surface area contributed by atoms with Gasteiger partial charge in [0.2, 0.25) is 5.79 Å². The molecule has 0 aromatic heterocycles. The van der Waals surface area contributed by atoms with Crippen molar-refractivity contribution in [2.24, 2.45) is 23.7 Å². The van der Waals surface area contributed by atoms with Gasteiger partial charge in [-0.2, -0.15) is 0 Å². The Morgan fingerprint density at radius 3 is 2.56 bits per heavy atom. The lowest BCUT2D eigenvalue weighted by Crippen LogP contribution is -2.72. The van der Waals surface area contributed by atoms with E-state index in [0.29, 0.717) is 18.4 Å². The molecule has 4 saturated heterocycles. The van der Waals surface area contributed by atoms with Crippen LogP contribution in [0.5, 0.6) is 0 Å². The van der Waals surface area contributed by atoms with Crippen molar-refractivity contribution in [1.29, 1.82) is 0 Å². The summed E-state index contributed by atoms with van der Waals surface area (Å²) in [6.45, 7) is 9.41. The molecule has 5 fully saturated rings. The van der Waals surface area contributed by atoms with Crippen molar-refractivity contribution in [3.8, 4) is 0 Å². The van der Waals surface area contributed by atoms with E-state index in [2.05, 4.69) is 20.8 Å². The predicted molar refractivity (Wildman–Crippen MR) is 98.3 cm³/mol. The van der Waals surface area contributed by atoms with Gasteiger partial charge in [-0.25, -0.2) is 9.78 Å². The number of fused-ring (bicyclic) bond motifs is 2. The maximum absolute atomic E-state index is 8.96. The second kappa shape index (κ2) is 7.22. The van der Waals surface area contributed by atoms with Crippen molar-refractivity contribution in [2.45, 2.75) is 96.1 Å². The molecule has 5 aliphatic rings. The molecule has 8 atom stereocenters. The van der Waals surface area contributed by atoms with Crippen LogP contribution in [-0.2, 0) is 24.0 Å². The zero-order valence-electron chi connectivity index (χ0n) is 17.2. The van der Waals surface area contributed by atoms with Crippen LogP contribution < -0.4 is 0 Å². The molecule has 4 aliphatic heterocycles. The summed E-state index contributed by atoms with van der Waals surface area (Å²) in [6, 6.07) is 0. The zero-order chi connectivity index (χ0) is 19.3. The van der Waals surface area contributed by atoms with Crippen molar-refractivity contribution in [3.63, 3.8) is 0 Å². The fraction of sp³-hybridized carbons (Fsp3) is 1.00. The van der Waals surface area contributed by atoms with Crippen LogP contribution in [0.2, 0.25) is 0 Å². The van der Waals surface area contributed by atoms with Gasteiger partial charge >= 0.3 is 0 Å². The average molecular weight is 385 g/mol. The largest absolute Gasteiger partial charge is 0.396 e. The summed E-state index contributed by atoms with van der Waals surface area (Å²) < 4.78 is 19.2. The number of hydrogen-bond donors (Lipinski definition) is 1. The third-order valence-corrected chi connectivity index (χ3v) is 7.74. The first kappa shape index (κ1) is 20.0. The molecule has 0 radical (unpaired) electrons. The number of unbranched alkanes of at least 4 members (excludes halogenated alkanes) is 2. The molecular formula is C21H36O6. The van der Waals surface area contributed by atoms with Gasteiger partial charge in [0.15, 0.2) is 17.7 Å². The van der Waals surface area contributed by atoms with E-state index in [1.807, 2.05) is 6.92 Å². The molecule has 27 heavy (non-hydrogen) atoms. The van der Waals surface area contributed by atoms with E-state index < -0.39 is 23.5 Å².